The maximum absolute atomic E-state index is 13.0. The van der Waals surface area contributed by atoms with Crippen LogP contribution in [0.15, 0.2) is 0 Å². The molecular weight excluding hydrogens is 1080 g/mol. The van der Waals surface area contributed by atoms with Crippen LogP contribution in [0.3, 0.4) is 0 Å². The minimum Gasteiger partial charge on any atom is -0.743 e. The van der Waals surface area contributed by atoms with Gasteiger partial charge in [-0.1, -0.05) is 0 Å². The summed E-state index contributed by atoms with van der Waals surface area (Å²) in [6, 6.07) is 0. The van der Waals surface area contributed by atoms with Crippen molar-refractivity contribution in [3.05, 3.63) is 0 Å². The van der Waals surface area contributed by atoms with Crippen molar-refractivity contribution in [2.75, 3.05) is 0 Å². The third-order valence-electron chi connectivity index (χ3n) is 6.01. The molecule has 0 aromatic carbocycles. The van der Waals surface area contributed by atoms with Gasteiger partial charge in [0.25, 0.3) is 0 Å². The number of halogens is 34. The molecule has 0 aromatic rings. The van der Waals surface area contributed by atoms with Gasteiger partial charge in [0.15, 0.2) is 20.2 Å². The van der Waals surface area contributed by atoms with E-state index in [9.17, 15) is 175 Å². The molecule has 0 saturated heterocycles. The van der Waals surface area contributed by atoms with E-state index in [1.807, 2.05) is 0 Å². The van der Waals surface area contributed by atoms with Gasteiger partial charge < -0.3 is 9.11 Å². The Morgan fingerprint density at radius 1 is 0.217 bits per heavy atom. The van der Waals surface area contributed by atoms with Crippen LogP contribution < -0.4 is 103 Å². The first kappa shape index (κ1) is 67.3. The van der Waals surface area contributed by atoms with Crippen LogP contribution in [0.1, 0.15) is 0 Å². The fourth-order valence-corrected chi connectivity index (χ4v) is 3.50. The molecule has 44 heteroatoms. The molecule has 0 aromatic heterocycles. The summed E-state index contributed by atoms with van der Waals surface area (Å²) in [7, 11) is -16.3. The number of rotatable bonds is 14. The molecule has 60 heavy (non-hydrogen) atoms. The molecule has 0 atom stereocenters. The fraction of sp³-hybridized carbons (Fsp3) is 1.00. The van der Waals surface area contributed by atoms with Crippen molar-refractivity contribution in [3.63, 3.8) is 0 Å². The van der Waals surface area contributed by atoms with Gasteiger partial charge in [-0.05, 0) is 0 Å². The van der Waals surface area contributed by atoms with Crippen LogP contribution in [-0.2, 0) is 20.2 Å². The third kappa shape index (κ3) is 9.34. The van der Waals surface area contributed by atoms with Crippen LogP contribution in [0.4, 0.5) is 149 Å². The van der Waals surface area contributed by atoms with Crippen LogP contribution in [0.5, 0.6) is 0 Å². The van der Waals surface area contributed by atoms with Crippen molar-refractivity contribution in [3.8, 4) is 0 Å². The van der Waals surface area contributed by atoms with Gasteiger partial charge in [-0.2, -0.15) is 149 Å². The molecule has 352 valence electrons. The number of alkyl halides is 34. The molecule has 0 aliphatic rings. The Morgan fingerprint density at radius 2 is 0.317 bits per heavy atom. The second-order valence-electron chi connectivity index (χ2n) is 9.83. The molecule has 0 spiro atoms. The van der Waals surface area contributed by atoms with Gasteiger partial charge >= 0.3 is 197 Å². The molecular formula is C16F34K2O6S2. The molecule has 0 saturated carbocycles. The van der Waals surface area contributed by atoms with E-state index in [-0.39, 0.29) is 103 Å². The van der Waals surface area contributed by atoms with Gasteiger partial charge in [-0.3, -0.25) is 0 Å². The van der Waals surface area contributed by atoms with Gasteiger partial charge in [0.05, 0.1) is 0 Å². The molecule has 6 nitrogen and oxygen atoms in total. The molecule has 0 N–H and O–H groups in total. The second-order valence-corrected chi connectivity index (χ2v) is 12.7. The van der Waals surface area contributed by atoms with E-state index in [0.717, 1.165) is 0 Å². The van der Waals surface area contributed by atoms with Gasteiger partial charge in [0.1, 0.15) is 0 Å². The topological polar surface area (TPSA) is 114 Å². The summed E-state index contributed by atoms with van der Waals surface area (Å²) in [4.78, 5) is 0. The van der Waals surface area contributed by atoms with E-state index in [1.165, 1.54) is 0 Å². The summed E-state index contributed by atoms with van der Waals surface area (Å²) in [6.45, 7) is 0. The molecule has 0 bridgehead atoms. The molecule has 0 aliphatic carbocycles. The first-order valence-electron chi connectivity index (χ1n) is 11.3. The normalized spacial score (nSPS) is 16.3. The number of hydrogen-bond acceptors (Lipinski definition) is 6. The average molecular weight is 1080 g/mol. The van der Waals surface area contributed by atoms with Crippen molar-refractivity contribution in [1.82, 2.24) is 0 Å². The quantitative estimate of drug-likeness (QED) is 0.150. The van der Waals surface area contributed by atoms with E-state index in [0.29, 0.717) is 0 Å². The zero-order valence-electron chi connectivity index (χ0n) is 26.1. The molecule has 0 radical (unpaired) electrons. The van der Waals surface area contributed by atoms with Crippen LogP contribution in [0, 0.1) is 0 Å². The van der Waals surface area contributed by atoms with Crippen molar-refractivity contribution in [2.45, 2.75) is 93.9 Å². The first-order valence-corrected chi connectivity index (χ1v) is 14.2. The summed E-state index contributed by atoms with van der Waals surface area (Å²) >= 11 is 0. The van der Waals surface area contributed by atoms with E-state index in [1.54, 1.807) is 0 Å². The zero-order chi connectivity index (χ0) is 49.0. The van der Waals surface area contributed by atoms with Gasteiger partial charge in [-0.15, -0.1) is 0 Å². The summed E-state index contributed by atoms with van der Waals surface area (Å²) in [5.74, 6) is -104. The third-order valence-corrected chi connectivity index (χ3v) is 7.78. The van der Waals surface area contributed by atoms with E-state index >= 15 is 0 Å². The predicted octanol–water partition coefficient (Wildman–Crippen LogP) is 3.01. The Kier molecular flexibility index (Phi) is 19.5. The maximum atomic E-state index is 13.0. The van der Waals surface area contributed by atoms with Crippen molar-refractivity contribution in [1.29, 1.82) is 0 Å². The Labute approximate surface area is 388 Å². The Hall–Kier alpha value is 0.713. The van der Waals surface area contributed by atoms with E-state index in [4.69, 9.17) is 0 Å². The SMILES string of the molecule is O=S(=O)([O-])C(F)(F)C(F)(F)C(F)(F)C(F)(F)C(F)(F)C(F)(F)C(F)(F)C(F)(F)F.O=S(=O)([O-])C(F)(F)C(F)(F)C(F)(F)C(F)(F)C(F)(F)C(F)(F)C(F)(F)C(F)(F)F.[K+].[K+]. The van der Waals surface area contributed by atoms with Gasteiger partial charge in [0.2, 0.25) is 0 Å². The standard InChI is InChI=1S/2C8HF17O3S.2K/c2*9-1(10,3(13,14)5(17,18)7(21,22)23)2(11,12)4(15,16)6(19,20)8(24,25)29(26,27)28;;/h2*(H,26,27,28);;/q;;2*+1/p-2. The second kappa shape index (κ2) is 17.4. The maximum Gasteiger partial charge on any atom is 1.00 e. The molecule has 0 rings (SSSR count). The molecule has 0 unspecified atom stereocenters. The minimum absolute atomic E-state index is 0. The Bertz CT molecular complexity index is 1600. The smallest absolute Gasteiger partial charge is 0.743 e. The molecule has 0 fully saturated rings. The van der Waals surface area contributed by atoms with Gasteiger partial charge in [-0.25, -0.2) is 16.8 Å². The Morgan fingerprint density at radius 3 is 0.417 bits per heavy atom. The van der Waals surface area contributed by atoms with Crippen LogP contribution in [-0.4, -0.2) is 120 Å². The van der Waals surface area contributed by atoms with E-state index < -0.39 is 114 Å². The number of hydrogen-bond donors (Lipinski definition) is 0. The van der Waals surface area contributed by atoms with Crippen molar-refractivity contribution in [2.24, 2.45) is 0 Å². The predicted molar refractivity (Wildman–Crippen MR) is 101 cm³/mol. The fourth-order valence-electron chi connectivity index (χ4n) is 2.61. The van der Waals surface area contributed by atoms with Crippen LogP contribution in [0.2, 0.25) is 0 Å². The molecule has 0 amide bonds. The monoisotopic (exact) mass is 1080 g/mol. The minimum atomic E-state index is -8.92. The first-order chi connectivity index (χ1) is 24.0. The molecule has 0 aliphatic heterocycles. The summed E-state index contributed by atoms with van der Waals surface area (Å²) in [5.41, 5.74) is 0. The van der Waals surface area contributed by atoms with Gasteiger partial charge in [0, 0.05) is 0 Å². The van der Waals surface area contributed by atoms with Crippen molar-refractivity contribution >= 4 is 20.2 Å². The van der Waals surface area contributed by atoms with E-state index in [2.05, 4.69) is 0 Å². The van der Waals surface area contributed by atoms with Crippen molar-refractivity contribution < 1.29 is 278 Å². The molecule has 0 heterocycles. The van der Waals surface area contributed by atoms with Crippen LogP contribution >= 0.6 is 0 Å². The average Bonchev–Trinajstić information content (AvgIpc) is 2.93. The summed E-state index contributed by atoms with van der Waals surface area (Å²) in [5, 5.41) is -15.9. The zero-order valence-corrected chi connectivity index (χ0v) is 34.0. The summed E-state index contributed by atoms with van der Waals surface area (Å²) in [6.07, 6.45) is -15.8. The summed E-state index contributed by atoms with van der Waals surface area (Å²) < 4.78 is 488. The van der Waals surface area contributed by atoms with Crippen LogP contribution in [0.25, 0.3) is 0 Å². The Balaban J connectivity index is -0.000000506. The largest absolute Gasteiger partial charge is 1.00 e.